The second-order valence-electron chi connectivity index (χ2n) is 7.19. The third kappa shape index (κ3) is 3.20. The highest BCUT2D eigenvalue weighted by Crippen LogP contribution is 2.31. The van der Waals surface area contributed by atoms with E-state index in [2.05, 4.69) is 15.1 Å². The standard InChI is InChI=1S/C22H13F4N5O/c1-30-20-10-16(13-6-7-27-18(9-13)22(24,25)26)29-31(20)17-8-12(2-4-15(17)21(30)32)14-3-5-19(23)28-11-14/h2-11H,1H3. The van der Waals surface area contributed by atoms with Gasteiger partial charge in [-0.05, 0) is 42.0 Å². The van der Waals surface area contributed by atoms with Crippen LogP contribution in [-0.2, 0) is 13.2 Å². The lowest BCUT2D eigenvalue weighted by Crippen LogP contribution is -2.19. The van der Waals surface area contributed by atoms with Crippen LogP contribution in [0.5, 0.6) is 0 Å². The van der Waals surface area contributed by atoms with E-state index in [-0.39, 0.29) is 16.8 Å². The number of hydrogen-bond donors (Lipinski definition) is 0. The van der Waals surface area contributed by atoms with Crippen LogP contribution in [0, 0.1) is 5.95 Å². The highest BCUT2D eigenvalue weighted by atomic mass is 19.4. The number of pyridine rings is 2. The van der Waals surface area contributed by atoms with Gasteiger partial charge in [0.2, 0.25) is 5.95 Å². The van der Waals surface area contributed by atoms with Crippen LogP contribution in [0.25, 0.3) is 38.9 Å². The van der Waals surface area contributed by atoms with Crippen molar-refractivity contribution < 1.29 is 17.6 Å². The lowest BCUT2D eigenvalue weighted by Gasteiger charge is -2.08. The first-order valence-corrected chi connectivity index (χ1v) is 9.40. The van der Waals surface area contributed by atoms with Crippen LogP contribution in [0.4, 0.5) is 17.6 Å². The Morgan fingerprint density at radius 3 is 2.41 bits per heavy atom. The van der Waals surface area contributed by atoms with Crippen LogP contribution in [0.3, 0.4) is 0 Å². The van der Waals surface area contributed by atoms with Gasteiger partial charge in [0.25, 0.3) is 5.56 Å². The van der Waals surface area contributed by atoms with Gasteiger partial charge in [0, 0.05) is 36.6 Å². The van der Waals surface area contributed by atoms with E-state index in [9.17, 15) is 22.4 Å². The summed E-state index contributed by atoms with van der Waals surface area (Å²) < 4.78 is 55.3. The molecule has 0 bridgehead atoms. The van der Waals surface area contributed by atoms with E-state index in [0.717, 1.165) is 12.3 Å². The summed E-state index contributed by atoms with van der Waals surface area (Å²) in [5, 5.41) is 4.85. The van der Waals surface area contributed by atoms with Gasteiger partial charge in [-0.2, -0.15) is 22.7 Å². The quantitative estimate of drug-likeness (QED) is 0.301. The van der Waals surface area contributed by atoms with Crippen molar-refractivity contribution >= 4 is 16.6 Å². The summed E-state index contributed by atoms with van der Waals surface area (Å²) in [6.45, 7) is 0. The second kappa shape index (κ2) is 6.98. The van der Waals surface area contributed by atoms with Crippen molar-refractivity contribution in [3.8, 4) is 22.4 Å². The first kappa shape index (κ1) is 19.9. The third-order valence-corrected chi connectivity index (χ3v) is 5.20. The molecule has 0 radical (unpaired) electrons. The molecule has 5 rings (SSSR count). The molecule has 32 heavy (non-hydrogen) atoms. The molecule has 6 nitrogen and oxygen atoms in total. The maximum absolute atomic E-state index is 13.2. The lowest BCUT2D eigenvalue weighted by atomic mass is 10.1. The summed E-state index contributed by atoms with van der Waals surface area (Å²) in [5.74, 6) is -0.613. The molecule has 0 N–H and O–H groups in total. The summed E-state index contributed by atoms with van der Waals surface area (Å²) >= 11 is 0. The molecule has 0 aliphatic carbocycles. The minimum absolute atomic E-state index is 0.218. The van der Waals surface area contributed by atoms with E-state index in [0.29, 0.717) is 27.7 Å². The summed E-state index contributed by atoms with van der Waals surface area (Å²) in [4.78, 5) is 19.9. The summed E-state index contributed by atoms with van der Waals surface area (Å²) in [6, 6.07) is 11.7. The Morgan fingerprint density at radius 1 is 0.906 bits per heavy atom. The number of aryl methyl sites for hydroxylation is 1. The molecule has 10 heteroatoms. The van der Waals surface area contributed by atoms with Crippen LogP contribution >= 0.6 is 0 Å². The van der Waals surface area contributed by atoms with Crippen molar-refractivity contribution in [2.75, 3.05) is 0 Å². The van der Waals surface area contributed by atoms with Crippen molar-refractivity contribution in [1.82, 2.24) is 24.1 Å². The molecule has 0 aliphatic rings. The maximum atomic E-state index is 13.2. The number of alkyl halides is 3. The number of hydrogen-bond acceptors (Lipinski definition) is 4. The Labute approximate surface area is 177 Å². The number of aromatic nitrogens is 5. The molecule has 160 valence electrons. The summed E-state index contributed by atoms with van der Waals surface area (Å²) in [5.41, 5.74) is 1.34. The topological polar surface area (TPSA) is 65.1 Å². The van der Waals surface area contributed by atoms with Gasteiger partial charge in [0.1, 0.15) is 11.3 Å². The van der Waals surface area contributed by atoms with E-state index >= 15 is 0 Å². The van der Waals surface area contributed by atoms with Gasteiger partial charge < -0.3 is 0 Å². The highest BCUT2D eigenvalue weighted by molar-refractivity contribution is 5.86. The van der Waals surface area contributed by atoms with Gasteiger partial charge >= 0.3 is 6.18 Å². The van der Waals surface area contributed by atoms with Gasteiger partial charge in [-0.15, -0.1) is 0 Å². The molecule has 0 saturated heterocycles. The minimum atomic E-state index is -4.59. The lowest BCUT2D eigenvalue weighted by molar-refractivity contribution is -0.141. The number of nitrogens with zero attached hydrogens (tertiary/aromatic N) is 5. The van der Waals surface area contributed by atoms with Crippen molar-refractivity contribution in [2.24, 2.45) is 7.05 Å². The van der Waals surface area contributed by atoms with Crippen molar-refractivity contribution in [3.63, 3.8) is 0 Å². The van der Waals surface area contributed by atoms with E-state index in [1.54, 1.807) is 37.4 Å². The average molecular weight is 439 g/mol. The molecule has 1 aromatic carbocycles. The van der Waals surface area contributed by atoms with E-state index in [1.165, 1.54) is 27.4 Å². The number of halogens is 4. The monoisotopic (exact) mass is 439 g/mol. The fourth-order valence-corrected chi connectivity index (χ4v) is 3.57. The van der Waals surface area contributed by atoms with Crippen LogP contribution in [0.15, 0.2) is 65.7 Å². The van der Waals surface area contributed by atoms with E-state index in [1.807, 2.05) is 0 Å². The molecule has 4 aromatic heterocycles. The molecule has 0 aliphatic heterocycles. The smallest absolute Gasteiger partial charge is 0.296 e. The van der Waals surface area contributed by atoms with Crippen LogP contribution in [0.1, 0.15) is 5.69 Å². The molecule has 5 aromatic rings. The van der Waals surface area contributed by atoms with Gasteiger partial charge in [-0.3, -0.25) is 14.3 Å². The second-order valence-corrected chi connectivity index (χ2v) is 7.19. The number of rotatable bonds is 2. The highest BCUT2D eigenvalue weighted by Gasteiger charge is 2.32. The predicted octanol–water partition coefficient (Wildman–Crippen LogP) is 4.47. The maximum Gasteiger partial charge on any atom is 0.433 e. The normalized spacial score (nSPS) is 12.0. The molecule has 0 unspecified atom stereocenters. The van der Waals surface area contributed by atoms with Crippen molar-refractivity contribution in [3.05, 3.63) is 82.9 Å². The van der Waals surface area contributed by atoms with Crippen LogP contribution in [0.2, 0.25) is 0 Å². The Bertz CT molecular complexity index is 1550. The molecule has 0 spiro atoms. The van der Waals surface area contributed by atoms with Crippen molar-refractivity contribution in [2.45, 2.75) is 6.18 Å². The predicted molar refractivity (Wildman–Crippen MR) is 109 cm³/mol. The van der Waals surface area contributed by atoms with Crippen molar-refractivity contribution in [1.29, 1.82) is 0 Å². The number of benzene rings is 1. The molecular formula is C22H13F4N5O. The molecular weight excluding hydrogens is 426 g/mol. The summed E-state index contributed by atoms with van der Waals surface area (Å²) in [7, 11) is 1.56. The minimum Gasteiger partial charge on any atom is -0.296 e. The van der Waals surface area contributed by atoms with Gasteiger partial charge in [-0.1, -0.05) is 6.07 Å². The fraction of sp³-hybridized carbons (Fsp3) is 0.0909. The number of fused-ring (bicyclic) bond motifs is 3. The Balaban J connectivity index is 1.75. The van der Waals surface area contributed by atoms with Crippen LogP contribution < -0.4 is 5.56 Å². The largest absolute Gasteiger partial charge is 0.433 e. The molecule has 0 fully saturated rings. The third-order valence-electron chi connectivity index (χ3n) is 5.20. The molecule has 0 amide bonds. The van der Waals surface area contributed by atoms with E-state index < -0.39 is 17.8 Å². The van der Waals surface area contributed by atoms with Gasteiger partial charge in [0.05, 0.1) is 16.6 Å². The Hall–Kier alpha value is -4.08. The van der Waals surface area contributed by atoms with Gasteiger partial charge in [-0.25, -0.2) is 9.50 Å². The van der Waals surface area contributed by atoms with Gasteiger partial charge in [0.15, 0.2) is 0 Å². The first-order chi connectivity index (χ1) is 15.2. The first-order valence-electron chi connectivity index (χ1n) is 9.40. The Kier molecular flexibility index (Phi) is 4.33. The fourth-order valence-electron chi connectivity index (χ4n) is 3.57. The molecule has 4 heterocycles. The zero-order valence-corrected chi connectivity index (χ0v) is 16.4. The zero-order chi connectivity index (χ0) is 22.6. The van der Waals surface area contributed by atoms with Crippen LogP contribution in [-0.4, -0.2) is 24.1 Å². The van der Waals surface area contributed by atoms with E-state index in [4.69, 9.17) is 0 Å². The summed E-state index contributed by atoms with van der Waals surface area (Å²) in [6.07, 6.45) is -2.15. The average Bonchev–Trinajstić information content (AvgIpc) is 3.23. The molecule has 0 saturated carbocycles. The Morgan fingerprint density at radius 2 is 1.69 bits per heavy atom. The molecule has 0 atom stereocenters. The SMILES string of the molecule is Cn1c(=O)c2ccc(-c3ccc(F)nc3)cc2n2nc(-c3ccnc(C(F)(F)F)c3)cc12. The zero-order valence-electron chi connectivity index (χ0n) is 16.4.